The van der Waals surface area contributed by atoms with Crippen LogP contribution in [0.1, 0.15) is 106 Å². The number of rotatable bonds is 8. The Balaban J connectivity index is 1.18. The molecule has 2 fully saturated rings. The molecule has 1 atom stereocenters. The normalized spacial score (nSPS) is 19.1. The fraction of sp³-hybridized carbons (Fsp3) is 0.618. The molecule has 3 aliphatic rings. The van der Waals surface area contributed by atoms with Gasteiger partial charge in [-0.2, -0.15) is 0 Å². The first kappa shape index (κ1) is 32.5. The number of H-pyrrole nitrogens is 1. The minimum absolute atomic E-state index is 0.0461. The quantitative estimate of drug-likeness (QED) is 0.367. The largest absolute Gasteiger partial charge is 0.444 e. The fourth-order valence-electron chi connectivity index (χ4n) is 6.85. The number of carbonyl (C=O) groups is 4. The maximum absolute atomic E-state index is 13.4. The third kappa shape index (κ3) is 7.17. The number of likely N-dealkylation sites (tertiary alicyclic amines) is 1. The number of hydrogen-bond donors (Lipinski definition) is 3. The van der Waals surface area contributed by atoms with Gasteiger partial charge in [0.15, 0.2) is 5.78 Å². The number of nitrogens with one attached hydrogen (secondary N) is 3. The van der Waals surface area contributed by atoms with Gasteiger partial charge in [0.1, 0.15) is 23.2 Å². The van der Waals surface area contributed by atoms with Crippen molar-refractivity contribution in [2.45, 2.75) is 98.6 Å². The topological polar surface area (TPSA) is 137 Å². The number of ketones is 1. The first-order valence-electron chi connectivity index (χ1n) is 16.1. The van der Waals surface area contributed by atoms with Crippen molar-refractivity contribution in [2.75, 3.05) is 36.4 Å². The Bertz CT molecular complexity index is 1460. The summed E-state index contributed by atoms with van der Waals surface area (Å²) in [4.78, 5) is 63.8. The van der Waals surface area contributed by atoms with E-state index in [0.29, 0.717) is 54.9 Å². The van der Waals surface area contributed by atoms with Gasteiger partial charge in [0.2, 0.25) is 5.91 Å². The molecule has 0 bridgehead atoms. The van der Waals surface area contributed by atoms with Gasteiger partial charge in [-0.05, 0) is 70.1 Å². The Morgan fingerprint density at radius 1 is 1.13 bits per heavy atom. The van der Waals surface area contributed by atoms with Gasteiger partial charge >= 0.3 is 6.09 Å². The first-order valence-corrected chi connectivity index (χ1v) is 16.1. The van der Waals surface area contributed by atoms with Crippen molar-refractivity contribution in [3.63, 3.8) is 0 Å². The van der Waals surface area contributed by atoms with Crippen LogP contribution in [0.15, 0.2) is 18.3 Å². The van der Waals surface area contributed by atoms with Crippen LogP contribution in [-0.4, -0.2) is 76.4 Å². The Morgan fingerprint density at radius 3 is 2.51 bits per heavy atom. The molecule has 3 amide bonds. The lowest BCUT2D eigenvalue weighted by atomic mass is 9.75. The summed E-state index contributed by atoms with van der Waals surface area (Å²) in [5.41, 5.74) is 2.31. The van der Waals surface area contributed by atoms with Gasteiger partial charge in [-0.15, -0.1) is 0 Å². The van der Waals surface area contributed by atoms with Gasteiger partial charge in [-0.1, -0.05) is 33.6 Å². The van der Waals surface area contributed by atoms with Crippen LogP contribution >= 0.6 is 0 Å². The van der Waals surface area contributed by atoms with Crippen molar-refractivity contribution in [3.05, 3.63) is 40.8 Å². The lowest BCUT2D eigenvalue weighted by molar-refractivity contribution is -0.118. The number of aromatic amines is 1. The molecule has 2 aliphatic heterocycles. The molecular formula is C34H48N6O5. The van der Waals surface area contributed by atoms with Crippen LogP contribution in [0.25, 0.3) is 0 Å². The van der Waals surface area contributed by atoms with Crippen molar-refractivity contribution in [2.24, 2.45) is 10.8 Å². The Morgan fingerprint density at radius 2 is 1.87 bits per heavy atom. The van der Waals surface area contributed by atoms with E-state index in [1.807, 2.05) is 53.7 Å². The summed E-state index contributed by atoms with van der Waals surface area (Å²) in [5, 5.41) is 5.84. The summed E-state index contributed by atoms with van der Waals surface area (Å²) in [7, 11) is 0. The number of fused-ring (bicyclic) bond motifs is 1. The third-order valence-corrected chi connectivity index (χ3v) is 9.08. The molecule has 11 heteroatoms. The molecular weight excluding hydrogens is 572 g/mol. The summed E-state index contributed by atoms with van der Waals surface area (Å²) in [6.45, 7) is 16.5. The number of amides is 3. The second kappa shape index (κ2) is 12.1. The molecule has 1 aliphatic carbocycles. The summed E-state index contributed by atoms with van der Waals surface area (Å²) in [6.07, 6.45) is 5.61. The minimum atomic E-state index is -0.742. The number of unbranched alkanes of at least 4 members (excludes halogenated alkanes) is 1. The van der Waals surface area contributed by atoms with Crippen LogP contribution in [-0.2, 0) is 16.0 Å². The van der Waals surface area contributed by atoms with Gasteiger partial charge in [0, 0.05) is 49.3 Å². The van der Waals surface area contributed by atoms with Crippen molar-refractivity contribution >= 4 is 35.2 Å². The van der Waals surface area contributed by atoms with E-state index in [1.165, 1.54) is 0 Å². The summed E-state index contributed by atoms with van der Waals surface area (Å²) in [5.74, 6) is 0.168. The van der Waals surface area contributed by atoms with Crippen LogP contribution in [0.5, 0.6) is 0 Å². The Hall–Kier alpha value is -3.89. The second-order valence-corrected chi connectivity index (χ2v) is 15.0. The first-order chi connectivity index (χ1) is 21.1. The van der Waals surface area contributed by atoms with Crippen molar-refractivity contribution in [3.8, 4) is 0 Å². The molecule has 2 aromatic rings. The zero-order valence-electron chi connectivity index (χ0n) is 27.8. The van der Waals surface area contributed by atoms with Gasteiger partial charge in [0.05, 0.1) is 11.9 Å². The standard InChI is InChI=1S/C34H48N6O5/c1-8-9-10-23(38-30(43)28-21(2)27-24(37-28)15-33(6,7)16-25(27)41)29(42)36-22-11-12-26(35-17-22)39-14-13-34(18-39)19-40(20-34)31(44)45-32(3,4)5/h11-12,17,23,37H,8-10,13-16,18-20H2,1-7H3,(H,36,42)(H,38,43). The average Bonchev–Trinajstić information content (AvgIpc) is 3.51. The lowest BCUT2D eigenvalue weighted by Gasteiger charge is -2.47. The number of hydrogen-bond acceptors (Lipinski definition) is 7. The summed E-state index contributed by atoms with van der Waals surface area (Å²) in [6, 6.07) is 2.98. The fourth-order valence-corrected chi connectivity index (χ4v) is 6.85. The highest BCUT2D eigenvalue weighted by Crippen LogP contribution is 2.41. The van der Waals surface area contributed by atoms with Gasteiger partial charge in [-0.3, -0.25) is 14.4 Å². The second-order valence-electron chi connectivity index (χ2n) is 15.0. The molecule has 3 N–H and O–H groups in total. The van der Waals surface area contributed by atoms with Crippen LogP contribution < -0.4 is 15.5 Å². The van der Waals surface area contributed by atoms with E-state index in [2.05, 4.69) is 25.5 Å². The number of nitrogens with zero attached hydrogens (tertiary/aromatic N) is 3. The number of Topliss-reactive ketones (excluding diaryl/α,β-unsaturated/α-hetero) is 1. The molecule has 5 rings (SSSR count). The molecule has 45 heavy (non-hydrogen) atoms. The highest BCUT2D eigenvalue weighted by atomic mass is 16.6. The molecule has 1 spiro atoms. The maximum atomic E-state index is 13.4. The summed E-state index contributed by atoms with van der Waals surface area (Å²) >= 11 is 0. The van der Waals surface area contributed by atoms with E-state index < -0.39 is 11.6 Å². The zero-order valence-corrected chi connectivity index (χ0v) is 27.8. The number of anilines is 2. The lowest BCUT2D eigenvalue weighted by Crippen LogP contribution is -2.60. The van der Waals surface area contributed by atoms with E-state index in [1.54, 1.807) is 18.0 Å². The van der Waals surface area contributed by atoms with Gasteiger partial charge in [0.25, 0.3) is 5.91 Å². The Labute approximate surface area is 265 Å². The van der Waals surface area contributed by atoms with Crippen molar-refractivity contribution in [1.29, 1.82) is 0 Å². The minimum Gasteiger partial charge on any atom is -0.444 e. The highest BCUT2D eigenvalue weighted by molar-refractivity contribution is 6.06. The molecule has 244 valence electrons. The number of carbonyl (C=O) groups excluding carboxylic acids is 4. The predicted molar refractivity (Wildman–Crippen MR) is 173 cm³/mol. The SMILES string of the molecule is CCCCC(NC(=O)c1[nH]c2c(c1C)C(=O)CC(C)(C)C2)C(=O)Nc1ccc(N2CCC3(CN(C(=O)OC(C)(C)C)C3)C2)nc1. The van der Waals surface area contributed by atoms with Crippen LogP contribution in [0.2, 0.25) is 0 Å². The molecule has 0 aromatic carbocycles. The molecule has 11 nitrogen and oxygen atoms in total. The summed E-state index contributed by atoms with van der Waals surface area (Å²) < 4.78 is 5.51. The maximum Gasteiger partial charge on any atom is 0.410 e. The predicted octanol–water partition coefficient (Wildman–Crippen LogP) is 5.25. The smallest absolute Gasteiger partial charge is 0.410 e. The van der Waals surface area contributed by atoms with Gasteiger partial charge in [-0.25, -0.2) is 9.78 Å². The number of pyridine rings is 1. The van der Waals surface area contributed by atoms with Crippen molar-refractivity contribution < 1.29 is 23.9 Å². The monoisotopic (exact) mass is 620 g/mol. The molecule has 0 radical (unpaired) electrons. The number of aromatic nitrogens is 2. The highest BCUT2D eigenvalue weighted by Gasteiger charge is 2.50. The average molecular weight is 621 g/mol. The zero-order chi connectivity index (χ0) is 32.7. The van der Waals surface area contributed by atoms with E-state index >= 15 is 0 Å². The molecule has 1 unspecified atom stereocenters. The molecule has 4 heterocycles. The van der Waals surface area contributed by atoms with E-state index in [0.717, 1.165) is 43.9 Å². The van der Waals surface area contributed by atoms with Crippen LogP contribution in [0.3, 0.4) is 0 Å². The number of ether oxygens (including phenoxy) is 1. The van der Waals surface area contributed by atoms with Crippen molar-refractivity contribution in [1.82, 2.24) is 20.2 Å². The van der Waals surface area contributed by atoms with E-state index in [4.69, 9.17) is 4.74 Å². The van der Waals surface area contributed by atoms with E-state index in [-0.39, 0.29) is 34.5 Å². The molecule has 2 aromatic heterocycles. The third-order valence-electron chi connectivity index (χ3n) is 9.08. The van der Waals surface area contributed by atoms with Crippen LogP contribution in [0, 0.1) is 17.8 Å². The molecule has 2 saturated heterocycles. The van der Waals surface area contributed by atoms with E-state index in [9.17, 15) is 19.2 Å². The van der Waals surface area contributed by atoms with Gasteiger partial charge < -0.3 is 30.2 Å². The van der Waals surface area contributed by atoms with Crippen LogP contribution in [0.4, 0.5) is 16.3 Å². The molecule has 0 saturated carbocycles. The Kier molecular flexibility index (Phi) is 8.76.